The maximum Gasteiger partial charge on any atom is 0.342 e. The van der Waals surface area contributed by atoms with Crippen molar-refractivity contribution in [1.29, 1.82) is 0 Å². The van der Waals surface area contributed by atoms with Gasteiger partial charge in [0.05, 0.1) is 0 Å². The molecule has 0 saturated carbocycles. The standard InChI is InChI=1S/C11H9ClN6/c12-11-17-9(8-10(18-11)16-6-15-8)14-5-7-2-1-3-13-4-7/h1-4,6,15H,5H2,(H,14,17,18)/q+1. The van der Waals surface area contributed by atoms with Crippen molar-refractivity contribution >= 4 is 35.3 Å². The minimum Gasteiger partial charge on any atom is -0.363 e. The number of aromatic nitrogens is 3. The summed E-state index contributed by atoms with van der Waals surface area (Å²) in [5, 5.41) is 6.33. The largest absolute Gasteiger partial charge is 0.363 e. The van der Waals surface area contributed by atoms with Crippen molar-refractivity contribution < 1.29 is 0 Å². The highest BCUT2D eigenvalue weighted by Gasteiger charge is 2.24. The first-order chi connectivity index (χ1) is 8.83. The molecule has 0 spiro atoms. The number of hydrogen-bond donors (Lipinski definition) is 2. The summed E-state index contributed by atoms with van der Waals surface area (Å²) in [6.07, 6.45) is 5.09. The normalized spacial score (nSPS) is 12.1. The van der Waals surface area contributed by atoms with Gasteiger partial charge in [-0.25, -0.2) is 0 Å². The highest BCUT2D eigenvalue weighted by molar-refractivity contribution is 6.28. The molecule has 0 amide bonds. The first-order valence-corrected chi connectivity index (χ1v) is 5.70. The maximum absolute atomic E-state index is 5.83. The predicted molar refractivity (Wildman–Crippen MR) is 70.1 cm³/mol. The second-order valence-electron chi connectivity index (χ2n) is 3.66. The first-order valence-electron chi connectivity index (χ1n) is 5.32. The van der Waals surface area contributed by atoms with Crippen molar-refractivity contribution in [2.75, 3.05) is 10.6 Å². The molecule has 1 radical (unpaired) electrons. The van der Waals surface area contributed by atoms with Crippen LogP contribution in [0.4, 0.5) is 17.3 Å². The van der Waals surface area contributed by atoms with Gasteiger partial charge in [-0.3, -0.25) is 10.3 Å². The molecule has 2 aromatic rings. The van der Waals surface area contributed by atoms with E-state index < -0.39 is 0 Å². The predicted octanol–water partition coefficient (Wildman–Crippen LogP) is 1.56. The van der Waals surface area contributed by atoms with Gasteiger partial charge in [-0.1, -0.05) is 16.0 Å². The fraction of sp³-hybridized carbons (Fsp3) is 0.0909. The number of aliphatic imine (C=N–C) groups is 1. The van der Waals surface area contributed by atoms with Crippen molar-refractivity contribution in [2.24, 2.45) is 0 Å². The van der Waals surface area contributed by atoms with Crippen LogP contribution < -0.4 is 15.6 Å². The summed E-state index contributed by atoms with van der Waals surface area (Å²) < 4.78 is 0. The highest BCUT2D eigenvalue weighted by atomic mass is 35.5. The lowest BCUT2D eigenvalue weighted by Gasteiger charge is -2.06. The smallest absolute Gasteiger partial charge is 0.342 e. The van der Waals surface area contributed by atoms with Crippen LogP contribution in [-0.2, 0) is 6.54 Å². The summed E-state index contributed by atoms with van der Waals surface area (Å²) in [4.78, 5) is 16.3. The highest BCUT2D eigenvalue weighted by Crippen LogP contribution is 2.30. The molecule has 2 aromatic heterocycles. The molecule has 1 aliphatic rings. The Bertz CT molecular complexity index is 598. The van der Waals surface area contributed by atoms with Crippen LogP contribution >= 0.6 is 11.6 Å². The third-order valence-electron chi connectivity index (χ3n) is 2.44. The van der Waals surface area contributed by atoms with E-state index in [0.717, 1.165) is 11.3 Å². The summed E-state index contributed by atoms with van der Waals surface area (Å²) in [5.41, 5.74) is 1.79. The van der Waals surface area contributed by atoms with Gasteiger partial charge < -0.3 is 5.32 Å². The molecule has 6 nitrogen and oxygen atoms in total. The lowest BCUT2D eigenvalue weighted by atomic mass is 10.3. The molecule has 0 unspecified atom stereocenters. The molecule has 0 aliphatic carbocycles. The van der Waals surface area contributed by atoms with E-state index in [1.54, 1.807) is 18.7 Å². The molecular weight excluding hydrogens is 252 g/mol. The zero-order valence-electron chi connectivity index (χ0n) is 9.26. The van der Waals surface area contributed by atoms with Crippen LogP contribution in [0.3, 0.4) is 0 Å². The minimum absolute atomic E-state index is 0.170. The molecule has 18 heavy (non-hydrogen) atoms. The van der Waals surface area contributed by atoms with Crippen LogP contribution in [0.15, 0.2) is 24.5 Å². The molecule has 0 bridgehead atoms. The molecule has 89 valence electrons. The molecular formula is C11H9ClN6+. The Balaban J connectivity index is 1.82. The van der Waals surface area contributed by atoms with E-state index in [4.69, 9.17) is 11.6 Å². The number of anilines is 2. The fourth-order valence-electron chi connectivity index (χ4n) is 1.62. The number of fused-ring (bicyclic) bond motifs is 1. The zero-order valence-corrected chi connectivity index (χ0v) is 10.0. The first kappa shape index (κ1) is 10.9. The molecule has 3 rings (SSSR count). The number of nitrogens with one attached hydrogen (secondary N) is 2. The van der Waals surface area contributed by atoms with Crippen molar-refractivity contribution in [3.63, 3.8) is 0 Å². The number of hydrogen-bond acceptors (Lipinski definition) is 6. The van der Waals surface area contributed by atoms with Crippen molar-refractivity contribution in [3.05, 3.63) is 35.4 Å². The van der Waals surface area contributed by atoms with Gasteiger partial charge >= 0.3 is 11.1 Å². The Kier molecular flexibility index (Phi) is 2.77. The van der Waals surface area contributed by atoms with Gasteiger partial charge in [-0.05, 0) is 23.2 Å². The Morgan fingerprint density at radius 1 is 1.39 bits per heavy atom. The molecule has 0 fully saturated rings. The lowest BCUT2D eigenvalue weighted by molar-refractivity contribution is 1.06. The molecule has 7 heteroatoms. The second-order valence-corrected chi connectivity index (χ2v) is 4.00. The van der Waals surface area contributed by atoms with Gasteiger partial charge in [-0.2, -0.15) is 4.98 Å². The second kappa shape index (κ2) is 4.58. The Morgan fingerprint density at radius 3 is 3.17 bits per heavy atom. The summed E-state index contributed by atoms with van der Waals surface area (Å²) in [6, 6.07) is 3.86. The summed E-state index contributed by atoms with van der Waals surface area (Å²) in [7, 11) is 0. The van der Waals surface area contributed by atoms with Crippen molar-refractivity contribution in [3.8, 4) is 0 Å². The van der Waals surface area contributed by atoms with Crippen molar-refractivity contribution in [2.45, 2.75) is 6.54 Å². The average molecular weight is 261 g/mol. The number of halogens is 1. The maximum atomic E-state index is 5.83. The summed E-state index contributed by atoms with van der Waals surface area (Å²) in [6.45, 7) is 0.606. The van der Waals surface area contributed by atoms with Crippen LogP contribution in [-0.4, -0.2) is 21.3 Å². The monoisotopic (exact) mass is 260 g/mol. The van der Waals surface area contributed by atoms with Gasteiger partial charge in [0, 0.05) is 18.9 Å². The Hall–Kier alpha value is -2.21. The summed E-state index contributed by atoms with van der Waals surface area (Å²) >= 11 is 5.83. The van der Waals surface area contributed by atoms with E-state index >= 15 is 0 Å². The van der Waals surface area contributed by atoms with Gasteiger partial charge in [0.2, 0.25) is 12.0 Å². The molecule has 1 aliphatic heterocycles. The number of pyridine rings is 1. The Labute approximate surface area is 108 Å². The van der Waals surface area contributed by atoms with Gasteiger partial charge in [-0.15, -0.1) is 0 Å². The third kappa shape index (κ3) is 2.10. The molecule has 3 heterocycles. The van der Waals surface area contributed by atoms with Crippen molar-refractivity contribution in [1.82, 2.24) is 19.9 Å². The van der Waals surface area contributed by atoms with Crippen LogP contribution in [0, 0.1) is 0 Å². The minimum atomic E-state index is 0.170. The molecule has 0 saturated heterocycles. The summed E-state index contributed by atoms with van der Waals surface area (Å²) in [5.74, 6) is 1.18. The van der Waals surface area contributed by atoms with E-state index in [2.05, 4.69) is 30.6 Å². The van der Waals surface area contributed by atoms with Gasteiger partial charge in [0.15, 0.2) is 5.82 Å². The molecule has 0 atom stereocenters. The SMILES string of the molecule is Clc1nc2c(c(NCc3cccnc3)n1)NC=[N+]2. The van der Waals surface area contributed by atoms with E-state index in [1.165, 1.54) is 0 Å². The van der Waals surface area contributed by atoms with Crippen LogP contribution in [0.1, 0.15) is 5.56 Å². The topological polar surface area (TPSA) is 76.8 Å². The quantitative estimate of drug-likeness (QED) is 0.819. The van der Waals surface area contributed by atoms with E-state index in [9.17, 15) is 0 Å². The molecule has 0 aromatic carbocycles. The fourth-order valence-corrected chi connectivity index (χ4v) is 1.79. The zero-order chi connectivity index (χ0) is 12.4. The number of nitrogens with zero attached hydrogens (tertiary/aromatic N) is 4. The Morgan fingerprint density at radius 2 is 2.33 bits per heavy atom. The van der Waals surface area contributed by atoms with Crippen LogP contribution in [0.2, 0.25) is 5.28 Å². The van der Waals surface area contributed by atoms with Gasteiger partial charge in [0.1, 0.15) is 0 Å². The van der Waals surface area contributed by atoms with Crippen LogP contribution in [0.5, 0.6) is 0 Å². The van der Waals surface area contributed by atoms with Crippen LogP contribution in [0.25, 0.3) is 0 Å². The molecule has 2 N–H and O–H groups in total. The van der Waals surface area contributed by atoms with E-state index in [1.807, 2.05) is 12.1 Å². The number of rotatable bonds is 3. The average Bonchev–Trinajstić information content (AvgIpc) is 2.85. The van der Waals surface area contributed by atoms with Gasteiger partial charge in [0.25, 0.3) is 0 Å². The third-order valence-corrected chi connectivity index (χ3v) is 2.61. The van der Waals surface area contributed by atoms with E-state index in [-0.39, 0.29) is 5.28 Å². The van der Waals surface area contributed by atoms with E-state index in [0.29, 0.717) is 18.2 Å². The lowest BCUT2D eigenvalue weighted by Crippen LogP contribution is -2.05.